The Hall–Kier alpha value is -0.570. The highest BCUT2D eigenvalue weighted by Gasteiger charge is 2.25. The fraction of sp³-hybridized carbons (Fsp3) is 0.929. The third kappa shape index (κ3) is 3.70. The maximum absolute atomic E-state index is 12.2. The van der Waals surface area contributed by atoms with Crippen molar-refractivity contribution in [2.24, 2.45) is 0 Å². The van der Waals surface area contributed by atoms with Crippen molar-refractivity contribution in [2.45, 2.75) is 70.4 Å². The number of rotatable bonds is 3. The summed E-state index contributed by atoms with van der Waals surface area (Å²) >= 11 is 0. The molecule has 0 aromatic heterocycles. The molecule has 1 N–H and O–H groups in total. The van der Waals surface area contributed by atoms with E-state index in [0.29, 0.717) is 6.04 Å². The molecule has 0 aromatic rings. The first-order valence-corrected chi connectivity index (χ1v) is 7.32. The number of nitrogens with one attached hydrogen (secondary N) is 1. The molecule has 1 atom stereocenters. The number of nitrogens with zero attached hydrogens (tertiary/aromatic N) is 1. The maximum atomic E-state index is 12.2. The SMILES string of the molecule is CC(C(=O)NC1CCCCC1)N1CCCCC1. The second-order valence-electron chi connectivity index (χ2n) is 5.62. The quantitative estimate of drug-likeness (QED) is 0.818. The molecule has 17 heavy (non-hydrogen) atoms. The summed E-state index contributed by atoms with van der Waals surface area (Å²) in [6, 6.07) is 0.515. The monoisotopic (exact) mass is 238 g/mol. The second kappa shape index (κ2) is 6.39. The summed E-state index contributed by atoms with van der Waals surface area (Å²) < 4.78 is 0. The Morgan fingerprint density at radius 3 is 2.29 bits per heavy atom. The van der Waals surface area contributed by atoms with Crippen molar-refractivity contribution >= 4 is 5.91 Å². The first kappa shape index (κ1) is 12.9. The molecule has 1 heterocycles. The Morgan fingerprint density at radius 2 is 1.65 bits per heavy atom. The normalized spacial score (nSPS) is 25.5. The van der Waals surface area contributed by atoms with E-state index in [-0.39, 0.29) is 11.9 Å². The lowest BCUT2D eigenvalue weighted by Crippen LogP contribution is -2.50. The zero-order valence-electron chi connectivity index (χ0n) is 11.1. The summed E-state index contributed by atoms with van der Waals surface area (Å²) in [5.41, 5.74) is 0. The van der Waals surface area contributed by atoms with E-state index in [1.165, 1.54) is 51.4 Å². The van der Waals surface area contributed by atoms with Gasteiger partial charge in [0.25, 0.3) is 0 Å². The van der Waals surface area contributed by atoms with Crippen LogP contribution in [0.1, 0.15) is 58.3 Å². The number of carbonyl (C=O) groups is 1. The van der Waals surface area contributed by atoms with E-state index in [1.807, 2.05) is 0 Å². The molecular formula is C14H26N2O. The molecule has 1 aliphatic heterocycles. The first-order valence-electron chi connectivity index (χ1n) is 7.32. The van der Waals surface area contributed by atoms with Gasteiger partial charge in [-0.1, -0.05) is 25.7 Å². The number of likely N-dealkylation sites (tertiary alicyclic amines) is 1. The van der Waals surface area contributed by atoms with Crippen molar-refractivity contribution in [3.8, 4) is 0 Å². The van der Waals surface area contributed by atoms with Gasteiger partial charge in [0.15, 0.2) is 0 Å². The van der Waals surface area contributed by atoms with Gasteiger partial charge in [-0.2, -0.15) is 0 Å². The number of hydrogen-bond acceptors (Lipinski definition) is 2. The van der Waals surface area contributed by atoms with E-state index in [4.69, 9.17) is 0 Å². The number of hydrogen-bond donors (Lipinski definition) is 1. The molecule has 2 fully saturated rings. The fourth-order valence-corrected chi connectivity index (χ4v) is 3.04. The molecular weight excluding hydrogens is 212 g/mol. The molecule has 0 radical (unpaired) electrons. The molecule has 98 valence electrons. The molecule has 2 aliphatic rings. The summed E-state index contributed by atoms with van der Waals surface area (Å²) in [4.78, 5) is 14.5. The number of carbonyl (C=O) groups excluding carboxylic acids is 1. The molecule has 2 rings (SSSR count). The lowest BCUT2D eigenvalue weighted by molar-refractivity contribution is -0.127. The number of amides is 1. The van der Waals surface area contributed by atoms with Gasteiger partial charge in [0.05, 0.1) is 6.04 Å². The van der Waals surface area contributed by atoms with E-state index in [1.54, 1.807) is 0 Å². The van der Waals surface area contributed by atoms with Crippen LogP contribution in [-0.2, 0) is 4.79 Å². The molecule has 1 saturated carbocycles. The first-order chi connectivity index (χ1) is 8.27. The van der Waals surface area contributed by atoms with E-state index >= 15 is 0 Å². The van der Waals surface area contributed by atoms with Gasteiger partial charge < -0.3 is 5.32 Å². The molecule has 1 saturated heterocycles. The maximum Gasteiger partial charge on any atom is 0.237 e. The van der Waals surface area contributed by atoms with Crippen LogP contribution >= 0.6 is 0 Å². The van der Waals surface area contributed by atoms with Crippen LogP contribution in [0.3, 0.4) is 0 Å². The molecule has 0 aromatic carbocycles. The van der Waals surface area contributed by atoms with Crippen molar-refractivity contribution in [3.63, 3.8) is 0 Å². The lowest BCUT2D eigenvalue weighted by Gasteiger charge is -2.33. The van der Waals surface area contributed by atoms with Crippen molar-refractivity contribution in [2.75, 3.05) is 13.1 Å². The van der Waals surface area contributed by atoms with Crippen molar-refractivity contribution in [3.05, 3.63) is 0 Å². The van der Waals surface area contributed by atoms with Gasteiger partial charge in [-0.3, -0.25) is 9.69 Å². The molecule has 1 aliphatic carbocycles. The standard InChI is InChI=1S/C14H26N2O/c1-12(16-10-6-3-7-11-16)14(17)15-13-8-4-2-5-9-13/h12-13H,2-11H2,1H3,(H,15,17). The van der Waals surface area contributed by atoms with Crippen molar-refractivity contribution in [1.29, 1.82) is 0 Å². The highest BCUT2D eigenvalue weighted by atomic mass is 16.2. The van der Waals surface area contributed by atoms with Gasteiger partial charge in [-0.15, -0.1) is 0 Å². The molecule has 3 heteroatoms. The summed E-state index contributed by atoms with van der Waals surface area (Å²) in [7, 11) is 0. The van der Waals surface area contributed by atoms with Crippen LogP contribution in [-0.4, -0.2) is 36.0 Å². The smallest absolute Gasteiger partial charge is 0.237 e. The minimum Gasteiger partial charge on any atom is -0.352 e. The van der Waals surface area contributed by atoms with Gasteiger partial charge >= 0.3 is 0 Å². The van der Waals surface area contributed by atoms with Gasteiger partial charge in [-0.05, 0) is 45.7 Å². The Kier molecular flexibility index (Phi) is 4.84. The zero-order chi connectivity index (χ0) is 12.1. The van der Waals surface area contributed by atoms with E-state index in [2.05, 4.69) is 17.1 Å². The van der Waals surface area contributed by atoms with Gasteiger partial charge in [-0.25, -0.2) is 0 Å². The van der Waals surface area contributed by atoms with Crippen molar-refractivity contribution < 1.29 is 4.79 Å². The Morgan fingerprint density at radius 1 is 1.06 bits per heavy atom. The van der Waals surface area contributed by atoms with Gasteiger partial charge in [0.2, 0.25) is 5.91 Å². The summed E-state index contributed by atoms with van der Waals surface area (Å²) in [5, 5.41) is 3.24. The second-order valence-corrected chi connectivity index (χ2v) is 5.62. The molecule has 3 nitrogen and oxygen atoms in total. The summed E-state index contributed by atoms with van der Waals surface area (Å²) in [6.07, 6.45) is 10.1. The minimum atomic E-state index is 0.0669. The number of piperidine rings is 1. The predicted octanol–water partition coefficient (Wildman–Crippen LogP) is 2.31. The van der Waals surface area contributed by atoms with Crippen LogP contribution in [0.2, 0.25) is 0 Å². The average Bonchev–Trinajstić information content (AvgIpc) is 2.40. The molecule has 0 spiro atoms. The van der Waals surface area contributed by atoms with E-state index < -0.39 is 0 Å². The summed E-state index contributed by atoms with van der Waals surface area (Å²) in [5.74, 6) is 0.249. The van der Waals surface area contributed by atoms with Crippen LogP contribution in [0.5, 0.6) is 0 Å². The molecule has 1 unspecified atom stereocenters. The molecule has 0 bridgehead atoms. The fourth-order valence-electron chi connectivity index (χ4n) is 3.04. The third-order valence-electron chi connectivity index (χ3n) is 4.27. The lowest BCUT2D eigenvalue weighted by atomic mass is 9.95. The van der Waals surface area contributed by atoms with E-state index in [0.717, 1.165) is 13.1 Å². The summed E-state index contributed by atoms with van der Waals surface area (Å²) in [6.45, 7) is 4.25. The van der Waals surface area contributed by atoms with E-state index in [9.17, 15) is 4.79 Å². The Balaban J connectivity index is 1.77. The zero-order valence-corrected chi connectivity index (χ0v) is 11.1. The Labute approximate surface area is 105 Å². The molecule has 1 amide bonds. The average molecular weight is 238 g/mol. The van der Waals surface area contributed by atoms with Crippen LogP contribution in [0.25, 0.3) is 0 Å². The Bertz CT molecular complexity index is 243. The van der Waals surface area contributed by atoms with Gasteiger partial charge in [0.1, 0.15) is 0 Å². The highest BCUT2D eigenvalue weighted by molar-refractivity contribution is 5.81. The topological polar surface area (TPSA) is 32.3 Å². The largest absolute Gasteiger partial charge is 0.352 e. The minimum absolute atomic E-state index is 0.0669. The van der Waals surface area contributed by atoms with Crippen LogP contribution in [0.15, 0.2) is 0 Å². The van der Waals surface area contributed by atoms with Crippen LogP contribution < -0.4 is 5.32 Å². The predicted molar refractivity (Wildman–Crippen MR) is 69.9 cm³/mol. The van der Waals surface area contributed by atoms with Crippen LogP contribution in [0, 0.1) is 0 Å². The van der Waals surface area contributed by atoms with Gasteiger partial charge in [0, 0.05) is 6.04 Å². The highest BCUT2D eigenvalue weighted by Crippen LogP contribution is 2.18. The van der Waals surface area contributed by atoms with Crippen molar-refractivity contribution in [1.82, 2.24) is 10.2 Å². The third-order valence-corrected chi connectivity index (χ3v) is 4.27. The van der Waals surface area contributed by atoms with Crippen LogP contribution in [0.4, 0.5) is 0 Å².